The van der Waals surface area contributed by atoms with Crippen molar-refractivity contribution in [3.63, 3.8) is 0 Å². The second-order valence-electron chi connectivity index (χ2n) is 5.21. The van der Waals surface area contributed by atoms with Gasteiger partial charge in [0.1, 0.15) is 0 Å². The highest BCUT2D eigenvalue weighted by Crippen LogP contribution is 2.35. The molecule has 21 heavy (non-hydrogen) atoms. The summed E-state index contributed by atoms with van der Waals surface area (Å²) in [5, 5.41) is 5.72. The smallest absolute Gasteiger partial charge is 0.317 e. The molecule has 0 saturated carbocycles. The van der Waals surface area contributed by atoms with Crippen LogP contribution < -0.4 is 5.32 Å². The van der Waals surface area contributed by atoms with Crippen LogP contribution in [0.5, 0.6) is 0 Å². The molecule has 1 atom stereocenters. The van der Waals surface area contributed by atoms with Crippen molar-refractivity contribution in [3.05, 3.63) is 51.2 Å². The number of likely N-dealkylation sites (tertiary alicyclic amines) is 1. The molecule has 110 valence electrons. The molecule has 5 heteroatoms. The molecule has 1 unspecified atom stereocenters. The Morgan fingerprint density at radius 3 is 3.00 bits per heavy atom. The summed E-state index contributed by atoms with van der Waals surface area (Å²) >= 11 is 7.81. The van der Waals surface area contributed by atoms with E-state index in [9.17, 15) is 4.79 Å². The van der Waals surface area contributed by atoms with E-state index in [0.29, 0.717) is 5.02 Å². The normalized spacial score (nSPS) is 18.0. The summed E-state index contributed by atoms with van der Waals surface area (Å²) in [5.74, 6) is 0. The second kappa shape index (κ2) is 6.08. The molecule has 2 aromatic rings. The third-order valence-electron chi connectivity index (χ3n) is 3.89. The minimum atomic E-state index is -0.0451. The second-order valence-corrected chi connectivity index (χ2v) is 6.60. The standard InChI is InChI=1S/C16H17ClN2OS/c1-11-12(17)5-2-6-13(11)18-16(20)19-9-3-7-14(19)15-8-4-10-21-15/h2,4-6,8,10,14H,3,7,9H2,1H3,(H,18,20). The van der Waals surface area contributed by atoms with Gasteiger partial charge in [0.05, 0.1) is 6.04 Å². The van der Waals surface area contributed by atoms with Crippen LogP contribution in [0, 0.1) is 6.92 Å². The maximum absolute atomic E-state index is 12.6. The maximum Gasteiger partial charge on any atom is 0.322 e. The molecule has 2 heterocycles. The molecule has 3 rings (SSSR count). The number of amides is 2. The lowest BCUT2D eigenvalue weighted by Crippen LogP contribution is -2.34. The Labute approximate surface area is 133 Å². The van der Waals surface area contributed by atoms with Crippen LogP contribution >= 0.6 is 22.9 Å². The van der Waals surface area contributed by atoms with Crippen LogP contribution in [0.15, 0.2) is 35.7 Å². The number of carbonyl (C=O) groups is 1. The van der Waals surface area contributed by atoms with Crippen molar-refractivity contribution in [2.45, 2.75) is 25.8 Å². The van der Waals surface area contributed by atoms with E-state index in [1.54, 1.807) is 11.3 Å². The van der Waals surface area contributed by atoms with E-state index in [-0.39, 0.29) is 12.1 Å². The molecule has 2 amide bonds. The van der Waals surface area contributed by atoms with Gasteiger partial charge in [-0.1, -0.05) is 23.7 Å². The van der Waals surface area contributed by atoms with Crippen molar-refractivity contribution < 1.29 is 4.79 Å². The Balaban J connectivity index is 1.77. The number of hydrogen-bond acceptors (Lipinski definition) is 2. The van der Waals surface area contributed by atoms with E-state index < -0.39 is 0 Å². The summed E-state index contributed by atoms with van der Waals surface area (Å²) in [5.41, 5.74) is 1.68. The molecule has 3 nitrogen and oxygen atoms in total. The molecular formula is C16H17ClN2OS. The monoisotopic (exact) mass is 320 g/mol. The van der Waals surface area contributed by atoms with Crippen molar-refractivity contribution in [2.75, 3.05) is 11.9 Å². The van der Waals surface area contributed by atoms with Gasteiger partial charge in [-0.2, -0.15) is 0 Å². The van der Waals surface area contributed by atoms with Crippen LogP contribution in [0.4, 0.5) is 10.5 Å². The number of carbonyl (C=O) groups excluding carboxylic acids is 1. The van der Waals surface area contributed by atoms with Crippen LogP contribution in [0.25, 0.3) is 0 Å². The predicted molar refractivity (Wildman–Crippen MR) is 88.2 cm³/mol. The SMILES string of the molecule is Cc1c(Cl)cccc1NC(=O)N1CCCC1c1cccs1. The summed E-state index contributed by atoms with van der Waals surface area (Å²) < 4.78 is 0. The Hall–Kier alpha value is -1.52. The number of hydrogen-bond donors (Lipinski definition) is 1. The molecule has 1 aromatic carbocycles. The molecule has 1 fully saturated rings. The number of halogens is 1. The fourth-order valence-corrected chi connectivity index (χ4v) is 3.76. The maximum atomic E-state index is 12.6. The number of nitrogens with zero attached hydrogens (tertiary/aromatic N) is 1. The van der Waals surface area contributed by atoms with E-state index in [2.05, 4.69) is 16.8 Å². The highest BCUT2D eigenvalue weighted by atomic mass is 35.5. The topological polar surface area (TPSA) is 32.3 Å². The van der Waals surface area contributed by atoms with Gasteiger partial charge in [0.2, 0.25) is 0 Å². The van der Waals surface area contributed by atoms with Crippen LogP contribution in [-0.4, -0.2) is 17.5 Å². The fourth-order valence-electron chi connectivity index (χ4n) is 2.72. The van der Waals surface area contributed by atoms with Crippen LogP contribution in [0.1, 0.15) is 29.3 Å². The zero-order chi connectivity index (χ0) is 14.8. The van der Waals surface area contributed by atoms with E-state index in [4.69, 9.17) is 11.6 Å². The average Bonchev–Trinajstić information content (AvgIpc) is 3.13. The van der Waals surface area contributed by atoms with Gasteiger partial charge >= 0.3 is 6.03 Å². The van der Waals surface area contributed by atoms with Crippen molar-refractivity contribution >= 4 is 34.7 Å². The largest absolute Gasteiger partial charge is 0.322 e. The van der Waals surface area contributed by atoms with Crippen LogP contribution in [-0.2, 0) is 0 Å². The fraction of sp³-hybridized carbons (Fsp3) is 0.312. The summed E-state index contributed by atoms with van der Waals surface area (Å²) in [6.45, 7) is 2.71. The molecule has 1 aliphatic rings. The average molecular weight is 321 g/mol. The first-order valence-electron chi connectivity index (χ1n) is 7.03. The lowest BCUT2D eigenvalue weighted by Gasteiger charge is -2.24. The van der Waals surface area contributed by atoms with Crippen LogP contribution in [0.3, 0.4) is 0 Å². The van der Waals surface area contributed by atoms with Gasteiger partial charge in [0.15, 0.2) is 0 Å². The molecular weight excluding hydrogens is 304 g/mol. The van der Waals surface area contributed by atoms with Gasteiger partial charge < -0.3 is 10.2 Å². The highest BCUT2D eigenvalue weighted by molar-refractivity contribution is 7.10. The zero-order valence-electron chi connectivity index (χ0n) is 11.8. The molecule has 1 N–H and O–H groups in total. The number of anilines is 1. The molecule has 0 bridgehead atoms. The number of benzene rings is 1. The molecule has 1 aromatic heterocycles. The molecule has 1 saturated heterocycles. The summed E-state index contributed by atoms with van der Waals surface area (Å²) in [7, 11) is 0. The lowest BCUT2D eigenvalue weighted by molar-refractivity contribution is 0.208. The molecule has 0 radical (unpaired) electrons. The Kier molecular flexibility index (Phi) is 4.17. The number of nitrogens with one attached hydrogen (secondary N) is 1. The van der Waals surface area contributed by atoms with E-state index in [1.807, 2.05) is 36.1 Å². The van der Waals surface area contributed by atoms with Crippen LogP contribution in [0.2, 0.25) is 5.02 Å². The summed E-state index contributed by atoms with van der Waals surface area (Å²) in [4.78, 5) is 15.7. The quantitative estimate of drug-likeness (QED) is 0.822. The van der Waals surface area contributed by atoms with Gasteiger partial charge in [0, 0.05) is 22.1 Å². The van der Waals surface area contributed by atoms with Gasteiger partial charge in [0.25, 0.3) is 0 Å². The number of urea groups is 1. The lowest BCUT2D eigenvalue weighted by atomic mass is 10.2. The van der Waals surface area contributed by atoms with E-state index in [1.165, 1.54) is 4.88 Å². The highest BCUT2D eigenvalue weighted by Gasteiger charge is 2.30. The third-order valence-corrected chi connectivity index (χ3v) is 5.28. The van der Waals surface area contributed by atoms with Gasteiger partial charge in [-0.05, 0) is 48.9 Å². The molecule has 1 aliphatic heterocycles. The minimum Gasteiger partial charge on any atom is -0.317 e. The first-order chi connectivity index (χ1) is 10.2. The third kappa shape index (κ3) is 2.92. The van der Waals surface area contributed by atoms with E-state index in [0.717, 1.165) is 30.6 Å². The first kappa shape index (κ1) is 14.4. The Morgan fingerprint density at radius 2 is 2.24 bits per heavy atom. The first-order valence-corrected chi connectivity index (χ1v) is 8.28. The zero-order valence-corrected chi connectivity index (χ0v) is 13.4. The van der Waals surface area contributed by atoms with E-state index >= 15 is 0 Å². The van der Waals surface area contributed by atoms with Crippen molar-refractivity contribution in [1.29, 1.82) is 0 Å². The number of thiophene rings is 1. The summed E-state index contributed by atoms with van der Waals surface area (Å²) in [6, 6.07) is 9.86. The van der Waals surface area contributed by atoms with Crippen molar-refractivity contribution in [1.82, 2.24) is 4.90 Å². The molecule has 0 aliphatic carbocycles. The van der Waals surface area contributed by atoms with Crippen molar-refractivity contribution in [2.24, 2.45) is 0 Å². The Bertz CT molecular complexity index is 642. The van der Waals surface area contributed by atoms with Gasteiger partial charge in [-0.15, -0.1) is 11.3 Å². The van der Waals surface area contributed by atoms with Gasteiger partial charge in [-0.3, -0.25) is 0 Å². The number of rotatable bonds is 2. The Morgan fingerprint density at radius 1 is 1.38 bits per heavy atom. The van der Waals surface area contributed by atoms with Crippen molar-refractivity contribution in [3.8, 4) is 0 Å². The predicted octanol–water partition coefficient (Wildman–Crippen LogP) is 5.08. The minimum absolute atomic E-state index is 0.0451. The molecule has 0 spiro atoms. The van der Waals surface area contributed by atoms with Gasteiger partial charge in [-0.25, -0.2) is 4.79 Å². The summed E-state index contributed by atoms with van der Waals surface area (Å²) in [6.07, 6.45) is 2.08.